The van der Waals surface area contributed by atoms with Crippen LogP contribution in [0.4, 0.5) is 11.4 Å². The van der Waals surface area contributed by atoms with E-state index in [1.165, 1.54) is 34.0 Å². The Balaban J connectivity index is 1.18. The summed E-state index contributed by atoms with van der Waals surface area (Å²) in [5, 5.41) is 0. The van der Waals surface area contributed by atoms with Crippen molar-refractivity contribution < 1.29 is 9.59 Å². The molecule has 174 valence electrons. The second kappa shape index (κ2) is 10.2. The summed E-state index contributed by atoms with van der Waals surface area (Å²) in [6, 6.07) is 16.8. The van der Waals surface area contributed by atoms with Gasteiger partial charge in [-0.05, 0) is 49.9 Å². The lowest BCUT2D eigenvalue weighted by atomic mass is 9.95. The number of hydrogen-bond acceptors (Lipinski definition) is 4. The van der Waals surface area contributed by atoms with Crippen LogP contribution in [0.15, 0.2) is 58.3 Å². The highest BCUT2D eigenvalue weighted by Gasteiger charge is 2.31. The van der Waals surface area contributed by atoms with Gasteiger partial charge in [0, 0.05) is 54.9 Å². The van der Waals surface area contributed by atoms with Gasteiger partial charge in [-0.2, -0.15) is 0 Å². The van der Waals surface area contributed by atoms with Crippen LogP contribution in [0.25, 0.3) is 0 Å². The van der Waals surface area contributed by atoms with Gasteiger partial charge in [0.2, 0.25) is 11.8 Å². The fourth-order valence-electron chi connectivity index (χ4n) is 5.31. The maximum atomic E-state index is 13.1. The van der Waals surface area contributed by atoms with Gasteiger partial charge in [-0.15, -0.1) is 0 Å². The standard InChI is InChI=1S/C27H33N3O2S/c31-26(28-18-13-21(14-19-28)27(32)29-16-7-1-2-8-17-29)15-20-30-22-9-3-5-11-24(22)33-25-12-6-4-10-23(25)30/h3-6,9-12,21H,1-2,7-8,13-20H2. The summed E-state index contributed by atoms with van der Waals surface area (Å²) in [6.45, 7) is 3.89. The fraction of sp³-hybridized carbons (Fsp3) is 0.481. The summed E-state index contributed by atoms with van der Waals surface area (Å²) in [5.74, 6) is 0.608. The predicted octanol–water partition coefficient (Wildman–Crippen LogP) is 5.32. The summed E-state index contributed by atoms with van der Waals surface area (Å²) in [6.07, 6.45) is 6.82. The van der Waals surface area contributed by atoms with Crippen molar-refractivity contribution in [3.63, 3.8) is 0 Å². The van der Waals surface area contributed by atoms with E-state index in [1.54, 1.807) is 11.8 Å². The van der Waals surface area contributed by atoms with E-state index in [1.807, 2.05) is 4.90 Å². The van der Waals surface area contributed by atoms with Gasteiger partial charge in [0.05, 0.1) is 11.4 Å². The number of piperidine rings is 1. The highest BCUT2D eigenvalue weighted by molar-refractivity contribution is 7.99. The monoisotopic (exact) mass is 463 g/mol. The van der Waals surface area contributed by atoms with Gasteiger partial charge in [-0.1, -0.05) is 48.9 Å². The molecule has 0 aromatic heterocycles. The molecule has 2 amide bonds. The number of hydrogen-bond donors (Lipinski definition) is 0. The van der Waals surface area contributed by atoms with Gasteiger partial charge < -0.3 is 14.7 Å². The van der Waals surface area contributed by atoms with Crippen LogP contribution in [0.5, 0.6) is 0 Å². The first kappa shape index (κ1) is 22.3. The van der Waals surface area contributed by atoms with E-state index >= 15 is 0 Å². The van der Waals surface area contributed by atoms with Crippen molar-refractivity contribution in [3.8, 4) is 0 Å². The molecule has 0 saturated carbocycles. The molecule has 5 nitrogen and oxygen atoms in total. The third-order valence-electron chi connectivity index (χ3n) is 7.20. The zero-order valence-electron chi connectivity index (χ0n) is 19.2. The van der Waals surface area contributed by atoms with Crippen LogP contribution in [0.3, 0.4) is 0 Å². The number of nitrogens with zero attached hydrogens (tertiary/aromatic N) is 3. The van der Waals surface area contributed by atoms with Crippen LogP contribution in [0.2, 0.25) is 0 Å². The van der Waals surface area contributed by atoms with Gasteiger partial charge in [-0.3, -0.25) is 9.59 Å². The number of carbonyl (C=O) groups is 2. The smallest absolute Gasteiger partial charge is 0.225 e. The SMILES string of the molecule is O=C(CCN1c2ccccc2Sc2ccccc21)N1CCC(C(=O)N2CCCCCC2)CC1. The van der Waals surface area contributed by atoms with Crippen molar-refractivity contribution in [2.24, 2.45) is 5.92 Å². The molecular weight excluding hydrogens is 430 g/mol. The van der Waals surface area contributed by atoms with Crippen LogP contribution >= 0.6 is 11.8 Å². The maximum Gasteiger partial charge on any atom is 0.225 e. The molecule has 3 aliphatic heterocycles. The number of carbonyl (C=O) groups excluding carboxylic acids is 2. The normalized spacial score (nSPS) is 19.0. The van der Waals surface area contributed by atoms with E-state index in [2.05, 4.69) is 58.3 Å². The number of amides is 2. The Morgan fingerprint density at radius 1 is 0.758 bits per heavy atom. The molecule has 2 saturated heterocycles. The highest BCUT2D eigenvalue weighted by atomic mass is 32.2. The molecule has 0 atom stereocenters. The van der Waals surface area contributed by atoms with Crippen molar-refractivity contribution in [1.29, 1.82) is 0 Å². The molecule has 6 heteroatoms. The molecule has 5 rings (SSSR count). The van der Waals surface area contributed by atoms with Crippen molar-refractivity contribution in [2.75, 3.05) is 37.6 Å². The topological polar surface area (TPSA) is 43.9 Å². The molecule has 0 radical (unpaired) electrons. The van der Waals surface area contributed by atoms with Crippen molar-refractivity contribution in [2.45, 2.75) is 54.7 Å². The number of para-hydroxylation sites is 2. The summed E-state index contributed by atoms with van der Waals surface area (Å²) in [4.78, 5) is 34.9. The zero-order chi connectivity index (χ0) is 22.6. The number of fused-ring (bicyclic) bond motifs is 2. The summed E-state index contributed by atoms with van der Waals surface area (Å²) < 4.78 is 0. The Bertz CT molecular complexity index is 949. The molecule has 2 fully saturated rings. The minimum Gasteiger partial charge on any atom is -0.343 e. The van der Waals surface area contributed by atoms with Gasteiger partial charge in [0.25, 0.3) is 0 Å². The van der Waals surface area contributed by atoms with Gasteiger partial charge >= 0.3 is 0 Å². The second-order valence-corrected chi connectivity index (χ2v) is 10.4. The van der Waals surface area contributed by atoms with Crippen LogP contribution in [-0.2, 0) is 9.59 Å². The molecule has 2 aromatic carbocycles. The van der Waals surface area contributed by atoms with E-state index in [0.717, 1.165) is 38.8 Å². The first-order valence-corrected chi connectivity index (χ1v) is 13.2. The number of anilines is 2. The Kier molecular flexibility index (Phi) is 6.91. The fourth-order valence-corrected chi connectivity index (χ4v) is 6.41. The summed E-state index contributed by atoms with van der Waals surface area (Å²) in [7, 11) is 0. The second-order valence-electron chi connectivity index (χ2n) is 9.33. The van der Waals surface area contributed by atoms with Crippen LogP contribution in [0, 0.1) is 5.92 Å². The minimum atomic E-state index is 0.0880. The predicted molar refractivity (Wildman–Crippen MR) is 133 cm³/mol. The lowest BCUT2D eigenvalue weighted by Crippen LogP contribution is -2.45. The van der Waals surface area contributed by atoms with Crippen LogP contribution < -0.4 is 4.90 Å². The van der Waals surface area contributed by atoms with E-state index in [0.29, 0.717) is 32.0 Å². The van der Waals surface area contributed by atoms with E-state index in [4.69, 9.17) is 0 Å². The summed E-state index contributed by atoms with van der Waals surface area (Å²) >= 11 is 1.79. The lowest BCUT2D eigenvalue weighted by Gasteiger charge is -2.35. The van der Waals surface area contributed by atoms with Gasteiger partial charge in [0.1, 0.15) is 0 Å². The zero-order valence-corrected chi connectivity index (χ0v) is 20.1. The number of benzene rings is 2. The molecule has 0 spiro atoms. The molecule has 2 aromatic rings. The molecule has 0 unspecified atom stereocenters. The van der Waals surface area contributed by atoms with Gasteiger partial charge in [0.15, 0.2) is 0 Å². The first-order valence-electron chi connectivity index (χ1n) is 12.4. The Morgan fingerprint density at radius 3 is 1.94 bits per heavy atom. The minimum absolute atomic E-state index is 0.0880. The van der Waals surface area contributed by atoms with E-state index in [-0.39, 0.29) is 11.8 Å². The maximum absolute atomic E-state index is 13.1. The molecular formula is C27H33N3O2S. The molecule has 33 heavy (non-hydrogen) atoms. The van der Waals surface area contributed by atoms with Gasteiger partial charge in [-0.25, -0.2) is 0 Å². The molecule has 0 aliphatic carbocycles. The van der Waals surface area contributed by atoms with Crippen LogP contribution in [-0.4, -0.2) is 54.3 Å². The third-order valence-corrected chi connectivity index (χ3v) is 8.33. The Morgan fingerprint density at radius 2 is 1.33 bits per heavy atom. The summed E-state index contributed by atoms with van der Waals surface area (Å²) in [5.41, 5.74) is 2.35. The van der Waals surface area contributed by atoms with Crippen LogP contribution in [0.1, 0.15) is 44.9 Å². The lowest BCUT2D eigenvalue weighted by molar-refractivity contribution is -0.140. The first-order chi connectivity index (χ1) is 16.2. The number of rotatable bonds is 4. The van der Waals surface area contributed by atoms with Crippen molar-refractivity contribution >= 4 is 35.0 Å². The van der Waals surface area contributed by atoms with Crippen molar-refractivity contribution in [3.05, 3.63) is 48.5 Å². The molecule has 3 heterocycles. The molecule has 0 N–H and O–H groups in total. The number of likely N-dealkylation sites (tertiary alicyclic amines) is 2. The Labute approximate surface area is 201 Å². The van der Waals surface area contributed by atoms with E-state index < -0.39 is 0 Å². The highest BCUT2D eigenvalue weighted by Crippen LogP contribution is 2.47. The van der Waals surface area contributed by atoms with Crippen molar-refractivity contribution in [1.82, 2.24) is 9.80 Å². The largest absolute Gasteiger partial charge is 0.343 e. The Hall–Kier alpha value is -2.47. The third kappa shape index (κ3) is 4.91. The average Bonchev–Trinajstić information content (AvgIpc) is 3.16. The quantitative estimate of drug-likeness (QED) is 0.616. The van der Waals surface area contributed by atoms with E-state index in [9.17, 15) is 9.59 Å². The molecule has 3 aliphatic rings. The molecule has 0 bridgehead atoms. The average molecular weight is 464 g/mol.